The number of methoxy groups -OCH3 is 4. The van der Waals surface area contributed by atoms with E-state index in [1.807, 2.05) is 0 Å². The van der Waals surface area contributed by atoms with E-state index in [0.29, 0.717) is 11.5 Å². The molecule has 2 fully saturated rings. The normalized spacial score (nSPS) is 21.0. The number of carbonyl (C=O) groups is 2. The lowest BCUT2D eigenvalue weighted by molar-refractivity contribution is -0.138. The third-order valence-corrected chi connectivity index (χ3v) is 16.9. The maximum Gasteiger partial charge on any atom is 0.285 e. The number of sulfone groups is 4. The standard InChI is InChI=1S/2C13H17NO7S2/c2*1-20-10-7-5-9(6-8-10)14-12(15)11(21-2)13(14,22(3,16)17)23(4,18)19/h2*5-8,11H,1-4H3/t2*11-/m10/s1. The van der Waals surface area contributed by atoms with Crippen molar-refractivity contribution >= 4 is 62.5 Å². The van der Waals surface area contributed by atoms with E-state index in [1.54, 1.807) is 0 Å². The molecule has 2 heterocycles. The minimum absolute atomic E-state index is 0.125. The fourth-order valence-electron chi connectivity index (χ4n) is 5.52. The molecule has 0 aliphatic carbocycles. The molecule has 46 heavy (non-hydrogen) atoms. The molecular weight excluding hydrogens is 693 g/mol. The van der Waals surface area contributed by atoms with Crippen molar-refractivity contribution in [1.29, 1.82) is 0 Å². The first kappa shape index (κ1) is 37.2. The van der Waals surface area contributed by atoms with Gasteiger partial charge in [-0.2, -0.15) is 0 Å². The van der Waals surface area contributed by atoms with Gasteiger partial charge in [-0.15, -0.1) is 0 Å². The number of carbonyl (C=O) groups excluding carboxylic acids is 2. The number of nitrogens with zero attached hydrogens (tertiary/aromatic N) is 2. The molecule has 2 aromatic carbocycles. The highest BCUT2D eigenvalue weighted by molar-refractivity contribution is 8.10. The molecule has 2 aliphatic rings. The molecule has 2 saturated heterocycles. The van der Waals surface area contributed by atoms with Crippen molar-refractivity contribution in [2.45, 2.75) is 20.6 Å². The second kappa shape index (κ2) is 12.4. The molecule has 2 aliphatic heterocycles. The number of ether oxygens (including phenoxy) is 4. The monoisotopic (exact) mass is 726 g/mol. The fourth-order valence-corrected chi connectivity index (χ4v) is 14.4. The summed E-state index contributed by atoms with van der Waals surface area (Å²) in [6.07, 6.45) is -0.165. The predicted octanol–water partition coefficient (Wildman–Crippen LogP) is -0.400. The van der Waals surface area contributed by atoms with Crippen LogP contribution in [0.15, 0.2) is 48.5 Å². The van der Waals surface area contributed by atoms with Gasteiger partial charge >= 0.3 is 0 Å². The summed E-state index contributed by atoms with van der Waals surface area (Å²) in [6.45, 7) is 0. The second-order valence-electron chi connectivity index (χ2n) is 10.3. The molecule has 256 valence electrons. The molecule has 0 N–H and O–H groups in total. The van der Waals surface area contributed by atoms with Gasteiger partial charge in [0.15, 0.2) is 51.6 Å². The Bertz CT molecular complexity index is 1730. The number of amides is 2. The third-order valence-electron chi connectivity index (χ3n) is 7.43. The number of anilines is 2. The second-order valence-corrected chi connectivity index (χ2v) is 19.5. The average molecular weight is 727 g/mol. The van der Waals surface area contributed by atoms with Crippen LogP contribution in [0, 0.1) is 0 Å². The Balaban J connectivity index is 0.000000250. The maximum absolute atomic E-state index is 12.3. The van der Waals surface area contributed by atoms with E-state index in [1.165, 1.54) is 62.8 Å². The van der Waals surface area contributed by atoms with Crippen molar-refractivity contribution in [3.8, 4) is 11.5 Å². The molecule has 0 spiro atoms. The fraction of sp³-hybridized carbons (Fsp3) is 0.462. The lowest BCUT2D eigenvalue weighted by Gasteiger charge is -2.52. The summed E-state index contributed by atoms with van der Waals surface area (Å²) in [5, 5.41) is 0. The zero-order chi connectivity index (χ0) is 35.3. The molecule has 2 atom stereocenters. The van der Waals surface area contributed by atoms with Crippen LogP contribution in [0.1, 0.15) is 0 Å². The summed E-state index contributed by atoms with van der Waals surface area (Å²) >= 11 is 0. The summed E-state index contributed by atoms with van der Waals surface area (Å²) in [6, 6.07) is 11.6. The van der Waals surface area contributed by atoms with Crippen molar-refractivity contribution in [3.05, 3.63) is 48.5 Å². The molecular formula is C26H34N2O14S4. The summed E-state index contributed by atoms with van der Waals surface area (Å²) in [4.78, 5) is 26.1. The Hall–Kier alpha value is -3.30. The van der Waals surface area contributed by atoms with Gasteiger partial charge in [-0.25, -0.2) is 33.7 Å². The molecule has 20 heteroatoms. The molecule has 0 unspecified atom stereocenters. The zero-order valence-corrected chi connectivity index (χ0v) is 29.3. The van der Waals surface area contributed by atoms with Crippen LogP contribution in [0.2, 0.25) is 0 Å². The molecule has 16 nitrogen and oxygen atoms in total. The summed E-state index contributed by atoms with van der Waals surface area (Å²) in [5.74, 6) is -0.523. The maximum atomic E-state index is 12.3. The Morgan fingerprint density at radius 1 is 0.500 bits per heavy atom. The van der Waals surface area contributed by atoms with Gasteiger partial charge in [0.25, 0.3) is 20.2 Å². The van der Waals surface area contributed by atoms with Gasteiger partial charge in [-0.3, -0.25) is 19.4 Å². The first-order valence-electron chi connectivity index (χ1n) is 12.8. The predicted molar refractivity (Wildman–Crippen MR) is 167 cm³/mol. The molecule has 0 bridgehead atoms. The van der Waals surface area contributed by atoms with Crippen LogP contribution >= 0.6 is 0 Å². The van der Waals surface area contributed by atoms with Crippen molar-refractivity contribution in [2.75, 3.05) is 63.3 Å². The van der Waals surface area contributed by atoms with Crippen LogP contribution < -0.4 is 19.3 Å². The van der Waals surface area contributed by atoms with Gasteiger partial charge in [0.1, 0.15) is 11.5 Å². The first-order valence-corrected chi connectivity index (χ1v) is 20.4. The Morgan fingerprint density at radius 3 is 0.913 bits per heavy atom. The van der Waals surface area contributed by atoms with Gasteiger partial charge in [-0.1, -0.05) is 0 Å². The molecule has 0 aromatic heterocycles. The lowest BCUT2D eigenvalue weighted by Crippen LogP contribution is -2.81. The Labute approximate surface area is 267 Å². The molecule has 4 rings (SSSR count). The summed E-state index contributed by atoms with van der Waals surface area (Å²) < 4.78 is 113. The lowest BCUT2D eigenvalue weighted by atomic mass is 10.1. The van der Waals surface area contributed by atoms with Crippen LogP contribution in [0.5, 0.6) is 11.5 Å². The molecule has 0 saturated carbocycles. The van der Waals surface area contributed by atoms with Gasteiger partial charge in [0.2, 0.25) is 0 Å². The summed E-state index contributed by atoms with van der Waals surface area (Å²) in [7, 11) is -11.8. The highest BCUT2D eigenvalue weighted by Crippen LogP contribution is 2.47. The van der Waals surface area contributed by atoms with Crippen molar-refractivity contribution in [3.63, 3.8) is 0 Å². The number of hydrogen-bond acceptors (Lipinski definition) is 14. The van der Waals surface area contributed by atoms with E-state index in [-0.39, 0.29) is 11.4 Å². The smallest absolute Gasteiger partial charge is 0.285 e. The number of rotatable bonds is 10. The average Bonchev–Trinajstić information content (AvgIpc) is 2.93. The number of β-lactam (4-membered cyclic amide) rings is 2. The first-order chi connectivity index (χ1) is 21.0. The van der Waals surface area contributed by atoms with Crippen molar-refractivity contribution in [2.24, 2.45) is 0 Å². The third kappa shape index (κ3) is 5.43. The van der Waals surface area contributed by atoms with Crippen molar-refractivity contribution < 1.29 is 62.2 Å². The number of hydrogen-bond donors (Lipinski definition) is 0. The van der Waals surface area contributed by atoms with Gasteiger partial charge in [0.05, 0.1) is 14.2 Å². The Kier molecular flexibility index (Phi) is 10.0. The van der Waals surface area contributed by atoms with E-state index < -0.39 is 71.8 Å². The van der Waals surface area contributed by atoms with E-state index >= 15 is 0 Å². The quantitative estimate of drug-likeness (QED) is 0.285. The molecule has 2 amide bonds. The van der Waals surface area contributed by atoms with Crippen LogP contribution in [-0.2, 0) is 58.4 Å². The van der Waals surface area contributed by atoms with Crippen LogP contribution in [0.25, 0.3) is 0 Å². The SMILES string of the molecule is COc1ccc(N2C(=O)[C@@H](OC)C2(S(C)(=O)=O)S(C)(=O)=O)cc1.COc1ccc(N2C(=O)[C@H](OC)C2(S(C)(=O)=O)S(C)(=O)=O)cc1. The van der Waals surface area contributed by atoms with Crippen molar-refractivity contribution in [1.82, 2.24) is 0 Å². The minimum Gasteiger partial charge on any atom is -0.497 e. The largest absolute Gasteiger partial charge is 0.497 e. The van der Waals surface area contributed by atoms with Gasteiger partial charge < -0.3 is 18.9 Å². The Morgan fingerprint density at radius 2 is 0.739 bits per heavy atom. The van der Waals surface area contributed by atoms with E-state index in [0.717, 1.165) is 49.0 Å². The van der Waals surface area contributed by atoms with Gasteiger partial charge in [0, 0.05) is 50.6 Å². The highest BCUT2D eigenvalue weighted by atomic mass is 32.3. The van der Waals surface area contributed by atoms with Gasteiger partial charge in [-0.05, 0) is 48.5 Å². The van der Waals surface area contributed by atoms with E-state index in [4.69, 9.17) is 18.9 Å². The molecule has 2 aromatic rings. The minimum atomic E-state index is -4.23. The summed E-state index contributed by atoms with van der Waals surface area (Å²) in [5.41, 5.74) is 0.250. The number of benzene rings is 2. The molecule has 0 radical (unpaired) electrons. The van der Waals surface area contributed by atoms with Crippen LogP contribution in [0.3, 0.4) is 0 Å². The topological polar surface area (TPSA) is 214 Å². The highest BCUT2D eigenvalue weighted by Gasteiger charge is 2.75. The van der Waals surface area contributed by atoms with Crippen LogP contribution in [-0.4, -0.2) is 120 Å². The van der Waals surface area contributed by atoms with E-state index in [9.17, 15) is 43.3 Å². The van der Waals surface area contributed by atoms with E-state index in [2.05, 4.69) is 0 Å². The zero-order valence-electron chi connectivity index (χ0n) is 26.0. The van der Waals surface area contributed by atoms with Crippen LogP contribution in [0.4, 0.5) is 11.4 Å².